The van der Waals surface area contributed by atoms with Gasteiger partial charge in [0, 0.05) is 36.8 Å². The third-order valence-electron chi connectivity index (χ3n) is 4.19. The van der Waals surface area contributed by atoms with Crippen molar-refractivity contribution in [2.24, 2.45) is 0 Å². The third-order valence-corrected chi connectivity index (χ3v) is 5.13. The minimum Gasteiger partial charge on any atom is -0.291 e. The first-order valence-corrected chi connectivity index (χ1v) is 8.67. The second kappa shape index (κ2) is 6.18. The molecule has 4 rings (SSSR count). The Morgan fingerprint density at radius 3 is 2.96 bits per heavy atom. The molecule has 0 atom stereocenters. The zero-order valence-electron chi connectivity index (χ0n) is 13.1. The number of nitrogens with zero attached hydrogens (tertiary/aromatic N) is 4. The number of aromatic nitrogens is 3. The van der Waals surface area contributed by atoms with Crippen molar-refractivity contribution < 1.29 is 0 Å². The van der Waals surface area contributed by atoms with Crippen LogP contribution in [0.1, 0.15) is 22.5 Å². The van der Waals surface area contributed by atoms with E-state index in [0.717, 1.165) is 42.5 Å². The smallest absolute Gasteiger partial charge is 0.123 e. The molecule has 5 heteroatoms. The standard InChI is InChI=1S/C18H18N4S/c1-13-2-4-14(5-3-13)18-21-16(11-23-18)9-22-7-6-15-8-19-12-20-17(15)10-22/h2-5,8,11-12H,6-7,9-10H2,1H3. The van der Waals surface area contributed by atoms with E-state index in [4.69, 9.17) is 4.98 Å². The summed E-state index contributed by atoms with van der Waals surface area (Å²) >= 11 is 1.72. The summed E-state index contributed by atoms with van der Waals surface area (Å²) in [5.41, 5.74) is 6.05. The summed E-state index contributed by atoms with van der Waals surface area (Å²) in [6, 6.07) is 8.56. The molecule has 3 heterocycles. The van der Waals surface area contributed by atoms with E-state index in [9.17, 15) is 0 Å². The van der Waals surface area contributed by atoms with Gasteiger partial charge in [0.15, 0.2) is 0 Å². The summed E-state index contributed by atoms with van der Waals surface area (Å²) in [6.07, 6.45) is 4.60. The lowest BCUT2D eigenvalue weighted by Gasteiger charge is -2.26. The number of hydrogen-bond acceptors (Lipinski definition) is 5. The van der Waals surface area contributed by atoms with E-state index in [1.165, 1.54) is 16.7 Å². The normalized spacial score (nSPS) is 14.7. The fourth-order valence-electron chi connectivity index (χ4n) is 2.88. The molecular weight excluding hydrogens is 304 g/mol. The molecule has 0 radical (unpaired) electrons. The molecule has 0 saturated heterocycles. The van der Waals surface area contributed by atoms with Gasteiger partial charge in [0.1, 0.15) is 11.3 Å². The molecule has 116 valence electrons. The molecule has 0 amide bonds. The van der Waals surface area contributed by atoms with E-state index in [-0.39, 0.29) is 0 Å². The molecule has 0 unspecified atom stereocenters. The zero-order valence-corrected chi connectivity index (χ0v) is 13.9. The first-order chi connectivity index (χ1) is 11.3. The topological polar surface area (TPSA) is 41.9 Å². The van der Waals surface area contributed by atoms with Gasteiger partial charge >= 0.3 is 0 Å². The molecule has 0 bridgehead atoms. The van der Waals surface area contributed by atoms with Crippen molar-refractivity contribution in [3.8, 4) is 10.6 Å². The lowest BCUT2D eigenvalue weighted by molar-refractivity contribution is 0.239. The first kappa shape index (κ1) is 14.5. The van der Waals surface area contributed by atoms with Crippen LogP contribution in [0.15, 0.2) is 42.2 Å². The van der Waals surface area contributed by atoms with Crippen molar-refractivity contribution in [3.63, 3.8) is 0 Å². The second-order valence-corrected chi connectivity index (χ2v) is 6.82. The highest BCUT2D eigenvalue weighted by molar-refractivity contribution is 7.13. The predicted molar refractivity (Wildman–Crippen MR) is 92.1 cm³/mol. The molecule has 23 heavy (non-hydrogen) atoms. The summed E-state index contributed by atoms with van der Waals surface area (Å²) in [5.74, 6) is 0. The van der Waals surface area contributed by atoms with Crippen LogP contribution in [0.5, 0.6) is 0 Å². The minimum absolute atomic E-state index is 0.881. The van der Waals surface area contributed by atoms with Gasteiger partial charge in [-0.2, -0.15) is 0 Å². The van der Waals surface area contributed by atoms with Crippen LogP contribution in [-0.2, 0) is 19.5 Å². The predicted octanol–water partition coefficient (Wildman–Crippen LogP) is 3.47. The van der Waals surface area contributed by atoms with Crippen LogP contribution in [-0.4, -0.2) is 26.4 Å². The van der Waals surface area contributed by atoms with E-state index in [1.54, 1.807) is 17.7 Å². The molecule has 2 aromatic heterocycles. The molecule has 0 N–H and O–H groups in total. The molecule has 1 aliphatic rings. The Bertz CT molecular complexity index is 810. The molecule has 3 aromatic rings. The van der Waals surface area contributed by atoms with Crippen LogP contribution in [0.4, 0.5) is 0 Å². The molecule has 1 aliphatic heterocycles. The Hall–Kier alpha value is -2.11. The van der Waals surface area contributed by atoms with Gasteiger partial charge in [-0.25, -0.2) is 15.0 Å². The van der Waals surface area contributed by atoms with Crippen molar-refractivity contribution in [1.82, 2.24) is 19.9 Å². The largest absolute Gasteiger partial charge is 0.291 e. The Morgan fingerprint density at radius 2 is 2.09 bits per heavy atom. The molecule has 0 fully saturated rings. The van der Waals surface area contributed by atoms with Crippen molar-refractivity contribution in [1.29, 1.82) is 0 Å². The minimum atomic E-state index is 0.881. The molecular formula is C18H18N4S. The Kier molecular flexibility index (Phi) is 3.89. The van der Waals surface area contributed by atoms with Crippen LogP contribution >= 0.6 is 11.3 Å². The number of fused-ring (bicyclic) bond motifs is 1. The average molecular weight is 322 g/mol. The summed E-state index contributed by atoms with van der Waals surface area (Å²) in [4.78, 5) is 15.7. The fourth-order valence-corrected chi connectivity index (χ4v) is 3.69. The molecule has 0 aliphatic carbocycles. The highest BCUT2D eigenvalue weighted by atomic mass is 32.1. The van der Waals surface area contributed by atoms with Gasteiger partial charge in [-0.05, 0) is 18.9 Å². The van der Waals surface area contributed by atoms with Crippen LogP contribution in [0.3, 0.4) is 0 Å². The number of hydrogen-bond donors (Lipinski definition) is 0. The number of thiazole rings is 1. The number of benzene rings is 1. The van der Waals surface area contributed by atoms with Crippen LogP contribution < -0.4 is 0 Å². The van der Waals surface area contributed by atoms with Crippen LogP contribution in [0.2, 0.25) is 0 Å². The van der Waals surface area contributed by atoms with Gasteiger partial charge in [-0.15, -0.1) is 11.3 Å². The van der Waals surface area contributed by atoms with Crippen molar-refractivity contribution in [2.75, 3.05) is 6.54 Å². The quantitative estimate of drug-likeness (QED) is 0.740. The second-order valence-electron chi connectivity index (χ2n) is 5.97. The van der Waals surface area contributed by atoms with Gasteiger partial charge < -0.3 is 0 Å². The van der Waals surface area contributed by atoms with E-state index < -0.39 is 0 Å². The van der Waals surface area contributed by atoms with Crippen molar-refractivity contribution >= 4 is 11.3 Å². The summed E-state index contributed by atoms with van der Waals surface area (Å²) in [7, 11) is 0. The maximum Gasteiger partial charge on any atom is 0.123 e. The van der Waals surface area contributed by atoms with Crippen molar-refractivity contribution in [2.45, 2.75) is 26.4 Å². The highest BCUT2D eigenvalue weighted by Gasteiger charge is 2.18. The van der Waals surface area contributed by atoms with Gasteiger partial charge in [0.25, 0.3) is 0 Å². The maximum absolute atomic E-state index is 4.80. The SMILES string of the molecule is Cc1ccc(-c2nc(CN3CCc4cncnc4C3)cs2)cc1. The lowest BCUT2D eigenvalue weighted by atomic mass is 10.1. The Balaban J connectivity index is 1.47. The zero-order chi connectivity index (χ0) is 15.6. The summed E-state index contributed by atoms with van der Waals surface area (Å²) in [6.45, 7) is 4.91. The number of aryl methyl sites for hydroxylation is 1. The molecule has 4 nitrogen and oxygen atoms in total. The molecule has 1 aromatic carbocycles. The Morgan fingerprint density at radius 1 is 1.22 bits per heavy atom. The first-order valence-electron chi connectivity index (χ1n) is 7.79. The third kappa shape index (κ3) is 3.16. The maximum atomic E-state index is 4.80. The van der Waals surface area contributed by atoms with Crippen LogP contribution in [0.25, 0.3) is 10.6 Å². The van der Waals surface area contributed by atoms with Gasteiger partial charge in [-0.1, -0.05) is 29.8 Å². The van der Waals surface area contributed by atoms with E-state index in [2.05, 4.69) is 51.4 Å². The number of rotatable bonds is 3. The van der Waals surface area contributed by atoms with E-state index in [1.807, 2.05) is 6.20 Å². The average Bonchev–Trinajstić information content (AvgIpc) is 3.04. The lowest BCUT2D eigenvalue weighted by Crippen LogP contribution is -2.30. The van der Waals surface area contributed by atoms with Gasteiger partial charge in [-0.3, -0.25) is 4.90 Å². The van der Waals surface area contributed by atoms with E-state index >= 15 is 0 Å². The monoisotopic (exact) mass is 322 g/mol. The van der Waals surface area contributed by atoms with Gasteiger partial charge in [0.2, 0.25) is 0 Å². The summed E-state index contributed by atoms with van der Waals surface area (Å²) < 4.78 is 0. The van der Waals surface area contributed by atoms with Crippen LogP contribution in [0, 0.1) is 6.92 Å². The Labute approximate surface area is 139 Å². The fraction of sp³-hybridized carbons (Fsp3) is 0.278. The highest BCUT2D eigenvalue weighted by Crippen LogP contribution is 2.25. The van der Waals surface area contributed by atoms with Crippen molar-refractivity contribution in [3.05, 3.63) is 64.7 Å². The molecule has 0 saturated carbocycles. The van der Waals surface area contributed by atoms with E-state index in [0.29, 0.717) is 0 Å². The van der Waals surface area contributed by atoms with Gasteiger partial charge in [0.05, 0.1) is 11.4 Å². The summed E-state index contributed by atoms with van der Waals surface area (Å²) in [5, 5.41) is 3.27. The molecule has 0 spiro atoms.